The molecule has 2 rings (SSSR count). The third-order valence-electron chi connectivity index (χ3n) is 5.11. The zero-order chi connectivity index (χ0) is 14.8. The Hall–Kier alpha value is -0.860. The molecule has 0 saturated heterocycles. The lowest BCUT2D eigenvalue weighted by Gasteiger charge is -2.46. The smallest absolute Gasteiger partial charge is 0.0832 e. The Labute approximate surface area is 123 Å². The molecule has 1 atom stereocenters. The SMILES string of the molecule is COC1(C(N)Cc2ccc(C)cc2)CCC(C)(C)CC1. The molecule has 1 unspecified atom stereocenters. The maximum Gasteiger partial charge on any atom is 0.0832 e. The lowest BCUT2D eigenvalue weighted by molar-refractivity contribution is -0.0781. The highest BCUT2D eigenvalue weighted by molar-refractivity contribution is 5.22. The van der Waals surface area contributed by atoms with Gasteiger partial charge in [-0.1, -0.05) is 43.7 Å². The van der Waals surface area contributed by atoms with E-state index in [-0.39, 0.29) is 11.6 Å². The Bertz CT molecular complexity index is 425. The summed E-state index contributed by atoms with van der Waals surface area (Å²) in [6.45, 7) is 6.81. The normalized spacial score (nSPS) is 22.4. The fourth-order valence-corrected chi connectivity index (χ4v) is 3.24. The summed E-state index contributed by atoms with van der Waals surface area (Å²) in [5.41, 5.74) is 9.43. The van der Waals surface area contributed by atoms with Gasteiger partial charge in [-0.2, -0.15) is 0 Å². The minimum Gasteiger partial charge on any atom is -0.377 e. The molecule has 0 aromatic heterocycles. The number of rotatable bonds is 4. The van der Waals surface area contributed by atoms with Gasteiger partial charge in [0.15, 0.2) is 0 Å². The van der Waals surface area contributed by atoms with E-state index in [1.165, 1.54) is 24.0 Å². The van der Waals surface area contributed by atoms with Crippen molar-refractivity contribution in [2.24, 2.45) is 11.1 Å². The second-order valence-electron chi connectivity index (χ2n) is 7.23. The van der Waals surface area contributed by atoms with Crippen molar-refractivity contribution in [3.8, 4) is 0 Å². The molecule has 1 aromatic rings. The van der Waals surface area contributed by atoms with Crippen LogP contribution in [0.15, 0.2) is 24.3 Å². The predicted octanol–water partition coefficient (Wildman–Crippen LogP) is 3.85. The van der Waals surface area contributed by atoms with Crippen LogP contribution < -0.4 is 5.73 Å². The molecule has 0 amide bonds. The van der Waals surface area contributed by atoms with E-state index in [1.807, 2.05) is 7.11 Å². The minimum atomic E-state index is -0.138. The van der Waals surface area contributed by atoms with Gasteiger partial charge in [-0.3, -0.25) is 0 Å². The second-order valence-corrected chi connectivity index (χ2v) is 7.23. The number of hydrogen-bond acceptors (Lipinski definition) is 2. The van der Waals surface area contributed by atoms with Gasteiger partial charge < -0.3 is 10.5 Å². The number of benzene rings is 1. The highest BCUT2D eigenvalue weighted by Crippen LogP contribution is 2.43. The third-order valence-corrected chi connectivity index (χ3v) is 5.11. The molecule has 20 heavy (non-hydrogen) atoms. The van der Waals surface area contributed by atoms with Crippen molar-refractivity contribution in [2.45, 2.75) is 64.5 Å². The largest absolute Gasteiger partial charge is 0.377 e. The summed E-state index contributed by atoms with van der Waals surface area (Å²) in [6, 6.07) is 8.76. The summed E-state index contributed by atoms with van der Waals surface area (Å²) < 4.78 is 5.90. The molecule has 0 radical (unpaired) electrons. The maximum absolute atomic E-state index is 6.53. The summed E-state index contributed by atoms with van der Waals surface area (Å²) in [6.07, 6.45) is 5.44. The van der Waals surface area contributed by atoms with Crippen molar-refractivity contribution in [1.82, 2.24) is 0 Å². The molecule has 0 aliphatic heterocycles. The van der Waals surface area contributed by atoms with E-state index < -0.39 is 0 Å². The average Bonchev–Trinajstić information content (AvgIpc) is 2.42. The van der Waals surface area contributed by atoms with Crippen LogP contribution in [0.1, 0.15) is 50.7 Å². The first kappa shape index (κ1) is 15.5. The zero-order valence-corrected chi connectivity index (χ0v) is 13.4. The van der Waals surface area contributed by atoms with Gasteiger partial charge in [0.1, 0.15) is 0 Å². The number of aryl methyl sites for hydroxylation is 1. The Morgan fingerprint density at radius 3 is 2.15 bits per heavy atom. The lowest BCUT2D eigenvalue weighted by atomic mass is 9.68. The molecular weight excluding hydrogens is 246 g/mol. The summed E-state index contributed by atoms with van der Waals surface area (Å²) in [7, 11) is 1.83. The Morgan fingerprint density at radius 2 is 1.65 bits per heavy atom. The molecule has 2 N–H and O–H groups in total. The molecule has 1 saturated carbocycles. The quantitative estimate of drug-likeness (QED) is 0.906. The summed E-state index contributed by atoms with van der Waals surface area (Å²) >= 11 is 0. The highest BCUT2D eigenvalue weighted by Gasteiger charge is 2.42. The molecule has 0 bridgehead atoms. The van der Waals surface area contributed by atoms with Crippen molar-refractivity contribution in [1.29, 1.82) is 0 Å². The number of methoxy groups -OCH3 is 1. The molecule has 2 nitrogen and oxygen atoms in total. The van der Waals surface area contributed by atoms with Gasteiger partial charge in [0, 0.05) is 13.2 Å². The van der Waals surface area contributed by atoms with Gasteiger partial charge in [-0.15, -0.1) is 0 Å². The summed E-state index contributed by atoms with van der Waals surface area (Å²) in [5.74, 6) is 0. The molecule has 0 spiro atoms. The van der Waals surface area contributed by atoms with E-state index in [0.717, 1.165) is 19.3 Å². The van der Waals surface area contributed by atoms with Crippen LogP contribution in [0, 0.1) is 12.3 Å². The van der Waals surface area contributed by atoms with E-state index in [0.29, 0.717) is 5.41 Å². The van der Waals surface area contributed by atoms with E-state index in [9.17, 15) is 0 Å². The lowest BCUT2D eigenvalue weighted by Crippen LogP contribution is -2.53. The van der Waals surface area contributed by atoms with Crippen LogP contribution in [0.25, 0.3) is 0 Å². The molecule has 1 aromatic carbocycles. The molecule has 112 valence electrons. The highest BCUT2D eigenvalue weighted by atomic mass is 16.5. The fraction of sp³-hybridized carbons (Fsp3) is 0.667. The standard InChI is InChI=1S/C18H29NO/c1-14-5-7-15(8-6-14)13-16(19)18(20-4)11-9-17(2,3)10-12-18/h5-8,16H,9-13,19H2,1-4H3. The van der Waals surface area contributed by atoms with Crippen LogP contribution in [-0.2, 0) is 11.2 Å². The van der Waals surface area contributed by atoms with Crippen LogP contribution in [0.5, 0.6) is 0 Å². The van der Waals surface area contributed by atoms with Gasteiger partial charge >= 0.3 is 0 Å². The van der Waals surface area contributed by atoms with Crippen LogP contribution in [0.4, 0.5) is 0 Å². The van der Waals surface area contributed by atoms with Crippen LogP contribution in [0.3, 0.4) is 0 Å². The first-order valence-corrected chi connectivity index (χ1v) is 7.73. The summed E-state index contributed by atoms with van der Waals surface area (Å²) in [5, 5.41) is 0. The fourth-order valence-electron chi connectivity index (χ4n) is 3.24. The monoisotopic (exact) mass is 275 g/mol. The summed E-state index contributed by atoms with van der Waals surface area (Å²) in [4.78, 5) is 0. The van der Waals surface area contributed by atoms with Gasteiger partial charge in [0.05, 0.1) is 5.60 Å². The van der Waals surface area contributed by atoms with E-state index in [1.54, 1.807) is 0 Å². The van der Waals surface area contributed by atoms with E-state index >= 15 is 0 Å². The van der Waals surface area contributed by atoms with E-state index in [4.69, 9.17) is 10.5 Å². The molecule has 2 heteroatoms. The van der Waals surface area contributed by atoms with Crippen LogP contribution in [-0.4, -0.2) is 18.8 Å². The zero-order valence-electron chi connectivity index (χ0n) is 13.4. The second kappa shape index (κ2) is 5.87. The van der Waals surface area contributed by atoms with Crippen molar-refractivity contribution in [3.05, 3.63) is 35.4 Å². The average molecular weight is 275 g/mol. The molecular formula is C18H29NO. The van der Waals surface area contributed by atoms with E-state index in [2.05, 4.69) is 45.0 Å². The predicted molar refractivity (Wildman–Crippen MR) is 84.8 cm³/mol. The van der Waals surface area contributed by atoms with Crippen LogP contribution in [0.2, 0.25) is 0 Å². The van der Waals surface area contributed by atoms with Gasteiger partial charge in [-0.25, -0.2) is 0 Å². The number of hydrogen-bond donors (Lipinski definition) is 1. The van der Waals surface area contributed by atoms with Crippen molar-refractivity contribution in [2.75, 3.05) is 7.11 Å². The van der Waals surface area contributed by atoms with Crippen LogP contribution >= 0.6 is 0 Å². The maximum atomic E-state index is 6.53. The topological polar surface area (TPSA) is 35.2 Å². The Morgan fingerprint density at radius 1 is 1.10 bits per heavy atom. The molecule has 1 fully saturated rings. The van der Waals surface area contributed by atoms with Gasteiger partial charge in [0.25, 0.3) is 0 Å². The third kappa shape index (κ3) is 3.42. The Balaban J connectivity index is 2.06. The Kier molecular flexibility index (Phi) is 4.55. The van der Waals surface area contributed by atoms with Gasteiger partial charge in [-0.05, 0) is 50.0 Å². The van der Waals surface area contributed by atoms with Gasteiger partial charge in [0.2, 0.25) is 0 Å². The van der Waals surface area contributed by atoms with Crippen molar-refractivity contribution >= 4 is 0 Å². The molecule has 1 aliphatic carbocycles. The molecule has 0 heterocycles. The number of nitrogens with two attached hydrogens (primary N) is 1. The number of ether oxygens (including phenoxy) is 1. The van der Waals surface area contributed by atoms with Crippen molar-refractivity contribution < 1.29 is 4.74 Å². The first-order valence-electron chi connectivity index (χ1n) is 7.73. The van der Waals surface area contributed by atoms with Crippen molar-refractivity contribution in [3.63, 3.8) is 0 Å². The minimum absolute atomic E-state index is 0.0753. The molecule has 1 aliphatic rings. The first-order chi connectivity index (χ1) is 9.37.